The fourth-order valence-electron chi connectivity index (χ4n) is 3.02. The molecule has 108 valence electrons. The first-order valence-corrected chi connectivity index (χ1v) is 7.99. The highest BCUT2D eigenvalue weighted by atomic mass is 79.9. The van der Waals surface area contributed by atoms with Crippen molar-refractivity contribution in [3.8, 4) is 5.75 Å². The minimum Gasteiger partial charge on any atom is -0.489 e. The fourth-order valence-corrected chi connectivity index (χ4v) is 3.40. The van der Waals surface area contributed by atoms with Crippen LogP contribution in [0.1, 0.15) is 18.4 Å². The summed E-state index contributed by atoms with van der Waals surface area (Å²) in [7, 11) is 0. The van der Waals surface area contributed by atoms with Crippen LogP contribution < -0.4 is 4.74 Å². The Hall–Kier alpha value is -0.840. The second-order valence-corrected chi connectivity index (χ2v) is 6.62. The van der Waals surface area contributed by atoms with Crippen molar-refractivity contribution in [2.75, 3.05) is 32.8 Å². The van der Waals surface area contributed by atoms with E-state index in [0.717, 1.165) is 41.8 Å². The van der Waals surface area contributed by atoms with Crippen molar-refractivity contribution in [3.63, 3.8) is 0 Å². The Morgan fingerprint density at radius 2 is 2.30 bits per heavy atom. The number of ether oxygens (including phenoxy) is 1. The van der Waals surface area contributed by atoms with E-state index in [1.54, 1.807) is 0 Å². The zero-order valence-electron chi connectivity index (χ0n) is 11.5. The van der Waals surface area contributed by atoms with Gasteiger partial charge in [-0.25, -0.2) is 0 Å². The maximum atomic E-state index is 9.30. The van der Waals surface area contributed by atoms with Crippen LogP contribution in [0.25, 0.3) is 6.08 Å². The number of aliphatic hydroxyl groups excluding tert-OH is 1. The molecule has 1 fully saturated rings. The molecule has 0 aromatic heterocycles. The SMILES string of the molecule is OCC1CCCN(CC2=Cc3cc(Br)ccc3OC2)C1. The van der Waals surface area contributed by atoms with Gasteiger partial charge in [-0.3, -0.25) is 4.90 Å². The first kappa shape index (κ1) is 14.1. The molecule has 20 heavy (non-hydrogen) atoms. The number of piperidine rings is 1. The summed E-state index contributed by atoms with van der Waals surface area (Å²) in [5, 5.41) is 9.30. The van der Waals surface area contributed by atoms with Gasteiger partial charge in [0.15, 0.2) is 0 Å². The Morgan fingerprint density at radius 1 is 1.40 bits per heavy atom. The average molecular weight is 338 g/mol. The maximum Gasteiger partial charge on any atom is 0.127 e. The monoisotopic (exact) mass is 337 g/mol. The van der Waals surface area contributed by atoms with Gasteiger partial charge in [0.25, 0.3) is 0 Å². The van der Waals surface area contributed by atoms with E-state index in [2.05, 4.69) is 33.0 Å². The van der Waals surface area contributed by atoms with Gasteiger partial charge in [-0.15, -0.1) is 0 Å². The summed E-state index contributed by atoms with van der Waals surface area (Å²) in [4.78, 5) is 2.43. The molecule has 1 N–H and O–H groups in total. The Morgan fingerprint density at radius 3 is 3.15 bits per heavy atom. The van der Waals surface area contributed by atoms with Crippen molar-refractivity contribution in [2.45, 2.75) is 12.8 Å². The minimum absolute atomic E-state index is 0.307. The lowest BCUT2D eigenvalue weighted by atomic mass is 9.98. The highest BCUT2D eigenvalue weighted by Gasteiger charge is 2.21. The smallest absolute Gasteiger partial charge is 0.127 e. The molecule has 1 unspecified atom stereocenters. The number of hydrogen-bond donors (Lipinski definition) is 1. The molecule has 2 aliphatic rings. The van der Waals surface area contributed by atoms with Crippen molar-refractivity contribution in [1.82, 2.24) is 4.90 Å². The van der Waals surface area contributed by atoms with Crippen molar-refractivity contribution < 1.29 is 9.84 Å². The zero-order chi connectivity index (χ0) is 13.9. The third-order valence-corrected chi connectivity index (χ3v) is 4.53. The first-order chi connectivity index (χ1) is 9.74. The van der Waals surface area contributed by atoms with Gasteiger partial charge in [-0.05, 0) is 55.2 Å². The summed E-state index contributed by atoms with van der Waals surface area (Å²) < 4.78 is 6.90. The van der Waals surface area contributed by atoms with Gasteiger partial charge in [0.05, 0.1) is 0 Å². The maximum absolute atomic E-state index is 9.30. The van der Waals surface area contributed by atoms with E-state index < -0.39 is 0 Å². The molecule has 4 heteroatoms. The normalized spacial score (nSPS) is 22.9. The van der Waals surface area contributed by atoms with Gasteiger partial charge in [0.1, 0.15) is 12.4 Å². The fraction of sp³-hybridized carbons (Fsp3) is 0.500. The Bertz CT molecular complexity index is 515. The quantitative estimate of drug-likeness (QED) is 0.920. The molecule has 0 amide bonds. The summed E-state index contributed by atoms with van der Waals surface area (Å²) in [5.74, 6) is 1.40. The van der Waals surface area contributed by atoms with E-state index in [1.165, 1.54) is 12.0 Å². The zero-order valence-corrected chi connectivity index (χ0v) is 13.1. The molecule has 0 aliphatic carbocycles. The topological polar surface area (TPSA) is 32.7 Å². The molecule has 3 rings (SSSR count). The second-order valence-electron chi connectivity index (χ2n) is 5.70. The van der Waals surface area contributed by atoms with Gasteiger partial charge in [0, 0.05) is 29.7 Å². The summed E-state index contributed by atoms with van der Waals surface area (Å²) in [6.45, 7) is 4.05. The van der Waals surface area contributed by atoms with Crippen LogP contribution in [0.5, 0.6) is 5.75 Å². The Labute approximate surface area is 128 Å². The number of hydrogen-bond acceptors (Lipinski definition) is 3. The average Bonchev–Trinajstić information content (AvgIpc) is 2.47. The molecule has 2 aliphatic heterocycles. The van der Waals surface area contributed by atoms with Crippen LogP contribution in [0, 0.1) is 5.92 Å². The second kappa shape index (κ2) is 6.29. The minimum atomic E-state index is 0.307. The van der Waals surface area contributed by atoms with Gasteiger partial charge >= 0.3 is 0 Å². The van der Waals surface area contributed by atoms with E-state index in [1.807, 2.05) is 12.1 Å². The van der Waals surface area contributed by atoms with E-state index in [9.17, 15) is 5.11 Å². The largest absolute Gasteiger partial charge is 0.489 e. The van der Waals surface area contributed by atoms with Crippen molar-refractivity contribution in [2.24, 2.45) is 5.92 Å². The lowest BCUT2D eigenvalue weighted by Crippen LogP contribution is -2.38. The third-order valence-electron chi connectivity index (χ3n) is 4.03. The van der Waals surface area contributed by atoms with Gasteiger partial charge in [-0.2, -0.15) is 0 Å². The number of rotatable bonds is 3. The number of halogens is 1. The number of benzene rings is 1. The predicted octanol–water partition coefficient (Wildman–Crippen LogP) is 2.93. The number of nitrogens with zero attached hydrogens (tertiary/aromatic N) is 1. The van der Waals surface area contributed by atoms with E-state index in [-0.39, 0.29) is 0 Å². The predicted molar refractivity (Wildman–Crippen MR) is 83.9 cm³/mol. The van der Waals surface area contributed by atoms with Crippen LogP contribution in [0.15, 0.2) is 28.2 Å². The molecule has 3 nitrogen and oxygen atoms in total. The van der Waals surface area contributed by atoms with E-state index in [4.69, 9.17) is 4.74 Å². The molecule has 2 heterocycles. The Balaban J connectivity index is 1.69. The highest BCUT2D eigenvalue weighted by molar-refractivity contribution is 9.10. The molecule has 0 radical (unpaired) electrons. The molecule has 1 aromatic carbocycles. The lowest BCUT2D eigenvalue weighted by molar-refractivity contribution is 0.125. The van der Waals surface area contributed by atoms with Crippen molar-refractivity contribution >= 4 is 22.0 Å². The molecular weight excluding hydrogens is 318 g/mol. The Kier molecular flexibility index (Phi) is 4.44. The van der Waals surface area contributed by atoms with Gasteiger partial charge < -0.3 is 9.84 Å². The number of likely N-dealkylation sites (tertiary alicyclic amines) is 1. The van der Waals surface area contributed by atoms with Crippen molar-refractivity contribution in [3.05, 3.63) is 33.8 Å². The summed E-state index contributed by atoms with van der Waals surface area (Å²) in [6, 6.07) is 6.12. The van der Waals surface area contributed by atoms with Crippen LogP contribution in [-0.2, 0) is 0 Å². The molecule has 0 spiro atoms. The van der Waals surface area contributed by atoms with Gasteiger partial charge in [0.2, 0.25) is 0 Å². The summed E-state index contributed by atoms with van der Waals surface area (Å²) >= 11 is 3.50. The molecule has 1 aromatic rings. The van der Waals surface area contributed by atoms with E-state index in [0.29, 0.717) is 19.1 Å². The molecule has 0 bridgehead atoms. The summed E-state index contributed by atoms with van der Waals surface area (Å²) in [5.41, 5.74) is 2.46. The van der Waals surface area contributed by atoms with Crippen LogP contribution in [-0.4, -0.2) is 42.9 Å². The summed E-state index contributed by atoms with van der Waals surface area (Å²) in [6.07, 6.45) is 4.58. The molecule has 0 saturated carbocycles. The molecule has 1 saturated heterocycles. The van der Waals surface area contributed by atoms with E-state index >= 15 is 0 Å². The lowest BCUT2D eigenvalue weighted by Gasteiger charge is -2.33. The highest BCUT2D eigenvalue weighted by Crippen LogP contribution is 2.29. The number of fused-ring (bicyclic) bond motifs is 1. The molecular formula is C16H20BrNO2. The van der Waals surface area contributed by atoms with Crippen molar-refractivity contribution in [1.29, 1.82) is 0 Å². The molecule has 1 atom stereocenters. The van der Waals surface area contributed by atoms with Crippen LogP contribution in [0.3, 0.4) is 0 Å². The first-order valence-electron chi connectivity index (χ1n) is 7.19. The van der Waals surface area contributed by atoms with Crippen LogP contribution in [0.2, 0.25) is 0 Å². The number of aliphatic hydroxyl groups is 1. The standard InChI is InChI=1S/C16H20BrNO2/c17-15-3-4-16-14(7-15)6-13(11-20-16)9-18-5-1-2-12(8-18)10-19/h3-4,6-7,12,19H,1-2,5,8-11H2. The van der Waals surface area contributed by atoms with Crippen LogP contribution in [0.4, 0.5) is 0 Å². The third kappa shape index (κ3) is 3.25. The van der Waals surface area contributed by atoms with Crippen LogP contribution >= 0.6 is 15.9 Å². The van der Waals surface area contributed by atoms with Gasteiger partial charge in [-0.1, -0.05) is 15.9 Å².